The molecule has 2 saturated heterocycles. The SMILES string of the molecule is Cl.Clc1ccc(-c2nc(CN3CCN(C4CCNC4)CC3)co2)cc1. The van der Waals surface area contributed by atoms with E-state index in [2.05, 4.69) is 20.1 Å². The lowest BCUT2D eigenvalue weighted by Gasteiger charge is -2.37. The summed E-state index contributed by atoms with van der Waals surface area (Å²) < 4.78 is 5.63. The van der Waals surface area contributed by atoms with Crippen molar-refractivity contribution in [3.05, 3.63) is 41.2 Å². The van der Waals surface area contributed by atoms with Crippen molar-refractivity contribution in [2.45, 2.75) is 19.0 Å². The van der Waals surface area contributed by atoms with Crippen molar-refractivity contribution in [2.75, 3.05) is 39.3 Å². The predicted octanol–water partition coefficient (Wildman–Crippen LogP) is 2.90. The Morgan fingerprint density at radius 3 is 2.60 bits per heavy atom. The normalized spacial score (nSPS) is 22.0. The summed E-state index contributed by atoms with van der Waals surface area (Å²) in [6.07, 6.45) is 3.06. The average Bonchev–Trinajstić information content (AvgIpc) is 3.28. The van der Waals surface area contributed by atoms with Crippen molar-refractivity contribution < 1.29 is 4.42 Å². The van der Waals surface area contributed by atoms with Crippen LogP contribution < -0.4 is 5.32 Å². The molecule has 136 valence electrons. The second-order valence-corrected chi connectivity index (χ2v) is 7.05. The van der Waals surface area contributed by atoms with Crippen LogP contribution >= 0.6 is 24.0 Å². The zero-order chi connectivity index (χ0) is 16.4. The Hall–Kier alpha value is -1.11. The third kappa shape index (κ3) is 4.54. The molecule has 2 aromatic rings. The third-order valence-corrected chi connectivity index (χ3v) is 5.24. The van der Waals surface area contributed by atoms with E-state index in [0.717, 1.165) is 68.1 Å². The van der Waals surface area contributed by atoms with Gasteiger partial charge < -0.3 is 9.73 Å². The summed E-state index contributed by atoms with van der Waals surface area (Å²) in [4.78, 5) is 9.71. The number of benzene rings is 1. The molecule has 7 heteroatoms. The zero-order valence-electron chi connectivity index (χ0n) is 14.2. The second kappa shape index (κ2) is 8.52. The minimum atomic E-state index is 0. The summed E-state index contributed by atoms with van der Waals surface area (Å²) in [6, 6.07) is 8.32. The van der Waals surface area contributed by atoms with E-state index in [-0.39, 0.29) is 12.4 Å². The predicted molar refractivity (Wildman–Crippen MR) is 102 cm³/mol. The lowest BCUT2D eigenvalue weighted by molar-refractivity contribution is 0.0973. The van der Waals surface area contributed by atoms with Crippen molar-refractivity contribution in [3.63, 3.8) is 0 Å². The number of piperazine rings is 1. The van der Waals surface area contributed by atoms with Crippen LogP contribution in [0.1, 0.15) is 12.1 Å². The zero-order valence-corrected chi connectivity index (χ0v) is 15.7. The van der Waals surface area contributed by atoms with Crippen LogP contribution in [-0.2, 0) is 6.54 Å². The van der Waals surface area contributed by atoms with Gasteiger partial charge in [-0.25, -0.2) is 4.98 Å². The highest BCUT2D eigenvalue weighted by molar-refractivity contribution is 6.30. The third-order valence-electron chi connectivity index (χ3n) is 4.99. The minimum Gasteiger partial charge on any atom is -0.444 e. The number of hydrogen-bond acceptors (Lipinski definition) is 5. The van der Waals surface area contributed by atoms with E-state index in [4.69, 9.17) is 16.0 Å². The first-order valence-electron chi connectivity index (χ1n) is 8.65. The molecule has 2 aliphatic heterocycles. The lowest BCUT2D eigenvalue weighted by atomic mass is 10.2. The van der Waals surface area contributed by atoms with Crippen LogP contribution in [0.2, 0.25) is 5.02 Å². The van der Waals surface area contributed by atoms with Crippen molar-refractivity contribution in [2.24, 2.45) is 0 Å². The average molecular weight is 383 g/mol. The topological polar surface area (TPSA) is 44.5 Å². The van der Waals surface area contributed by atoms with E-state index in [1.165, 1.54) is 6.42 Å². The van der Waals surface area contributed by atoms with Gasteiger partial charge in [0.15, 0.2) is 0 Å². The number of aromatic nitrogens is 1. The first-order chi connectivity index (χ1) is 11.8. The van der Waals surface area contributed by atoms with Gasteiger partial charge in [-0.2, -0.15) is 0 Å². The summed E-state index contributed by atoms with van der Waals surface area (Å²) >= 11 is 5.93. The fourth-order valence-electron chi connectivity index (χ4n) is 3.57. The van der Waals surface area contributed by atoms with Crippen LogP contribution in [0.4, 0.5) is 0 Å². The quantitative estimate of drug-likeness (QED) is 0.880. The Kier molecular flexibility index (Phi) is 6.36. The molecule has 4 rings (SSSR count). The number of nitrogens with zero attached hydrogens (tertiary/aromatic N) is 3. The van der Waals surface area contributed by atoms with Crippen LogP contribution in [-0.4, -0.2) is 60.1 Å². The van der Waals surface area contributed by atoms with E-state index in [0.29, 0.717) is 5.89 Å². The molecule has 1 N–H and O–H groups in total. The van der Waals surface area contributed by atoms with Gasteiger partial charge in [0.2, 0.25) is 5.89 Å². The Balaban J connectivity index is 0.00000182. The number of oxazole rings is 1. The molecule has 1 unspecified atom stereocenters. The van der Waals surface area contributed by atoms with E-state index >= 15 is 0 Å². The standard InChI is InChI=1S/C18H23ClN4O.ClH/c19-15-3-1-14(2-4-15)18-21-16(13-24-18)12-22-7-9-23(10-8-22)17-5-6-20-11-17;/h1-4,13,17,20H,5-12H2;1H. The largest absolute Gasteiger partial charge is 0.444 e. The Bertz CT molecular complexity index is 662. The monoisotopic (exact) mass is 382 g/mol. The summed E-state index contributed by atoms with van der Waals surface area (Å²) in [5, 5.41) is 4.18. The number of rotatable bonds is 4. The molecule has 0 bridgehead atoms. The minimum absolute atomic E-state index is 0. The van der Waals surface area contributed by atoms with Crippen LogP contribution in [0.25, 0.3) is 11.5 Å². The molecular formula is C18H24Cl2N4O. The van der Waals surface area contributed by atoms with E-state index in [1.807, 2.05) is 24.3 Å². The molecule has 0 spiro atoms. The smallest absolute Gasteiger partial charge is 0.226 e. The summed E-state index contributed by atoms with van der Waals surface area (Å²) in [7, 11) is 0. The Labute approximate surface area is 159 Å². The fraction of sp³-hybridized carbons (Fsp3) is 0.500. The summed E-state index contributed by atoms with van der Waals surface area (Å²) in [6.45, 7) is 7.65. The highest BCUT2D eigenvalue weighted by Gasteiger charge is 2.26. The van der Waals surface area contributed by atoms with Crippen molar-refractivity contribution >= 4 is 24.0 Å². The molecule has 5 nitrogen and oxygen atoms in total. The Morgan fingerprint density at radius 2 is 1.92 bits per heavy atom. The maximum Gasteiger partial charge on any atom is 0.226 e. The molecule has 1 aromatic heterocycles. The molecule has 0 amide bonds. The van der Waals surface area contributed by atoms with Crippen LogP contribution in [0.3, 0.4) is 0 Å². The Morgan fingerprint density at radius 1 is 1.16 bits per heavy atom. The van der Waals surface area contributed by atoms with E-state index < -0.39 is 0 Å². The highest BCUT2D eigenvalue weighted by Crippen LogP contribution is 2.22. The van der Waals surface area contributed by atoms with Crippen molar-refractivity contribution in [1.29, 1.82) is 0 Å². The van der Waals surface area contributed by atoms with Gasteiger partial charge in [-0.15, -0.1) is 12.4 Å². The molecule has 25 heavy (non-hydrogen) atoms. The highest BCUT2D eigenvalue weighted by atomic mass is 35.5. The maximum atomic E-state index is 5.93. The number of hydrogen-bond donors (Lipinski definition) is 1. The van der Waals surface area contributed by atoms with Gasteiger partial charge in [-0.1, -0.05) is 11.6 Å². The van der Waals surface area contributed by atoms with Gasteiger partial charge in [0.1, 0.15) is 6.26 Å². The fourth-order valence-corrected chi connectivity index (χ4v) is 3.70. The molecule has 0 radical (unpaired) electrons. The van der Waals surface area contributed by atoms with Crippen molar-refractivity contribution in [3.8, 4) is 11.5 Å². The van der Waals surface area contributed by atoms with Crippen LogP contribution in [0.5, 0.6) is 0 Å². The summed E-state index contributed by atoms with van der Waals surface area (Å²) in [5.41, 5.74) is 1.96. The first kappa shape index (κ1) is 18.7. The van der Waals surface area contributed by atoms with Crippen LogP contribution in [0.15, 0.2) is 34.9 Å². The maximum absolute atomic E-state index is 5.93. The van der Waals surface area contributed by atoms with E-state index in [9.17, 15) is 0 Å². The molecule has 2 fully saturated rings. The molecule has 1 atom stereocenters. The molecule has 0 saturated carbocycles. The molecule has 1 aromatic carbocycles. The van der Waals surface area contributed by atoms with Crippen LogP contribution in [0, 0.1) is 0 Å². The van der Waals surface area contributed by atoms with Gasteiger partial charge >= 0.3 is 0 Å². The van der Waals surface area contributed by atoms with Gasteiger partial charge in [0.25, 0.3) is 0 Å². The molecular weight excluding hydrogens is 359 g/mol. The molecule has 0 aliphatic carbocycles. The lowest BCUT2D eigenvalue weighted by Crippen LogP contribution is -2.50. The van der Waals surface area contributed by atoms with Gasteiger partial charge in [-0.3, -0.25) is 9.80 Å². The molecule has 2 aliphatic rings. The van der Waals surface area contributed by atoms with E-state index in [1.54, 1.807) is 6.26 Å². The number of nitrogens with one attached hydrogen (secondary N) is 1. The first-order valence-corrected chi connectivity index (χ1v) is 9.03. The van der Waals surface area contributed by atoms with Gasteiger partial charge in [0.05, 0.1) is 5.69 Å². The molecule has 3 heterocycles. The van der Waals surface area contributed by atoms with Crippen molar-refractivity contribution in [1.82, 2.24) is 20.1 Å². The number of halogens is 2. The van der Waals surface area contributed by atoms with Gasteiger partial charge in [-0.05, 0) is 37.2 Å². The van der Waals surface area contributed by atoms with Gasteiger partial charge in [0, 0.05) is 55.9 Å². The second-order valence-electron chi connectivity index (χ2n) is 6.61. The summed E-state index contributed by atoms with van der Waals surface area (Å²) in [5.74, 6) is 0.664.